The fourth-order valence-corrected chi connectivity index (χ4v) is 2.48. The van der Waals surface area contributed by atoms with Crippen molar-refractivity contribution < 1.29 is 23.9 Å². The number of ketones is 1. The number of Topliss-reactive ketones (excluding diaryl/α,β-unsaturated/α-hetero) is 1. The summed E-state index contributed by atoms with van der Waals surface area (Å²) >= 11 is 0. The van der Waals surface area contributed by atoms with Gasteiger partial charge in [0.15, 0.2) is 5.78 Å². The van der Waals surface area contributed by atoms with E-state index in [1.807, 2.05) is 30.3 Å². The van der Waals surface area contributed by atoms with Gasteiger partial charge in [0.05, 0.1) is 0 Å². The highest BCUT2D eigenvalue weighted by Crippen LogP contribution is 2.16. The van der Waals surface area contributed by atoms with Crippen LogP contribution < -0.4 is 10.1 Å². The zero-order chi connectivity index (χ0) is 20.5. The molecular weight excluding hydrogens is 358 g/mol. The number of amides is 1. The van der Waals surface area contributed by atoms with Crippen LogP contribution in [-0.2, 0) is 16.1 Å². The van der Waals surface area contributed by atoms with E-state index in [4.69, 9.17) is 9.47 Å². The lowest BCUT2D eigenvalue weighted by Crippen LogP contribution is -2.46. The van der Waals surface area contributed by atoms with Crippen LogP contribution in [0.4, 0.5) is 4.79 Å². The summed E-state index contributed by atoms with van der Waals surface area (Å²) in [6, 6.07) is 14.7. The third kappa shape index (κ3) is 6.23. The van der Waals surface area contributed by atoms with Gasteiger partial charge in [0.1, 0.15) is 18.4 Å². The Bertz CT molecular complexity index is 799. The summed E-state index contributed by atoms with van der Waals surface area (Å²) in [6.07, 6.45) is -0.285. The van der Waals surface area contributed by atoms with Gasteiger partial charge in [-0.25, -0.2) is 9.59 Å². The van der Waals surface area contributed by atoms with Crippen molar-refractivity contribution in [2.24, 2.45) is 5.92 Å². The van der Waals surface area contributed by atoms with Crippen LogP contribution in [0.2, 0.25) is 0 Å². The molecule has 0 aliphatic heterocycles. The highest BCUT2D eigenvalue weighted by atomic mass is 16.6. The minimum atomic E-state index is -0.861. The molecule has 2 aromatic carbocycles. The molecule has 0 bridgehead atoms. The number of esters is 1. The zero-order valence-electron chi connectivity index (χ0n) is 16.3. The van der Waals surface area contributed by atoms with Crippen molar-refractivity contribution >= 4 is 17.8 Å². The van der Waals surface area contributed by atoms with Crippen LogP contribution in [0.5, 0.6) is 5.75 Å². The Kier molecular flexibility index (Phi) is 7.75. The lowest BCUT2D eigenvalue weighted by atomic mass is 10.1. The molecule has 2 aromatic rings. The molecule has 1 unspecified atom stereocenters. The van der Waals surface area contributed by atoms with Gasteiger partial charge >= 0.3 is 12.1 Å². The molecule has 0 spiro atoms. The topological polar surface area (TPSA) is 81.7 Å². The van der Waals surface area contributed by atoms with E-state index in [2.05, 4.69) is 5.32 Å². The van der Waals surface area contributed by atoms with Crippen molar-refractivity contribution in [1.29, 1.82) is 0 Å². The molecule has 28 heavy (non-hydrogen) atoms. The van der Waals surface area contributed by atoms with Gasteiger partial charge in [0.2, 0.25) is 0 Å². The number of nitrogens with one attached hydrogen (secondary N) is 1. The maximum Gasteiger partial charge on any atom is 0.408 e. The quantitative estimate of drug-likeness (QED) is 0.421. The monoisotopic (exact) mass is 383 g/mol. The predicted octanol–water partition coefficient (Wildman–Crippen LogP) is 4.14. The maximum atomic E-state index is 12.5. The van der Waals surface area contributed by atoms with Crippen LogP contribution in [-0.4, -0.2) is 23.9 Å². The average Bonchev–Trinajstić information content (AvgIpc) is 2.70. The first-order valence-electron chi connectivity index (χ1n) is 9.23. The lowest BCUT2D eigenvalue weighted by Gasteiger charge is -2.20. The van der Waals surface area contributed by atoms with Crippen molar-refractivity contribution in [3.63, 3.8) is 0 Å². The molecular formula is C22H25NO5. The Hall–Kier alpha value is -3.15. The van der Waals surface area contributed by atoms with E-state index in [9.17, 15) is 14.4 Å². The van der Waals surface area contributed by atoms with Crippen molar-refractivity contribution in [3.05, 3.63) is 65.7 Å². The first kappa shape index (κ1) is 21.2. The van der Waals surface area contributed by atoms with Gasteiger partial charge in [-0.3, -0.25) is 4.79 Å². The first-order valence-corrected chi connectivity index (χ1v) is 9.23. The molecule has 0 aliphatic carbocycles. The third-order valence-corrected chi connectivity index (χ3v) is 4.12. The summed E-state index contributed by atoms with van der Waals surface area (Å²) in [5, 5.41) is 2.56. The number of ether oxygens (including phenoxy) is 2. The van der Waals surface area contributed by atoms with Crippen LogP contribution in [0.3, 0.4) is 0 Å². The Morgan fingerprint density at radius 2 is 1.61 bits per heavy atom. The van der Waals surface area contributed by atoms with Crippen LogP contribution in [0, 0.1) is 5.92 Å². The van der Waals surface area contributed by atoms with Gasteiger partial charge < -0.3 is 14.8 Å². The number of alkyl carbamates (subject to hydrolysis) is 1. The van der Waals surface area contributed by atoms with Gasteiger partial charge in [0, 0.05) is 12.0 Å². The average molecular weight is 383 g/mol. The summed E-state index contributed by atoms with van der Waals surface area (Å²) < 4.78 is 10.5. The minimum Gasteiger partial charge on any atom is -0.445 e. The molecule has 0 aliphatic rings. The molecule has 148 valence electrons. The highest BCUT2D eigenvalue weighted by Gasteiger charge is 2.27. The largest absolute Gasteiger partial charge is 0.445 e. The fraction of sp³-hybridized carbons (Fsp3) is 0.318. The number of hydrogen-bond acceptors (Lipinski definition) is 5. The zero-order valence-corrected chi connectivity index (χ0v) is 16.3. The molecule has 0 fully saturated rings. The van der Waals surface area contributed by atoms with Crippen molar-refractivity contribution in [1.82, 2.24) is 5.32 Å². The summed E-state index contributed by atoms with van der Waals surface area (Å²) in [6.45, 7) is 5.49. The van der Waals surface area contributed by atoms with E-state index in [1.54, 1.807) is 45.0 Å². The van der Waals surface area contributed by atoms with Crippen LogP contribution in [0.1, 0.15) is 43.1 Å². The molecule has 0 radical (unpaired) electrons. The second-order valence-corrected chi connectivity index (χ2v) is 6.65. The van der Waals surface area contributed by atoms with Gasteiger partial charge in [-0.15, -0.1) is 0 Å². The van der Waals surface area contributed by atoms with Crippen molar-refractivity contribution in [2.45, 2.75) is 39.8 Å². The molecule has 1 N–H and O–H groups in total. The van der Waals surface area contributed by atoms with Crippen molar-refractivity contribution in [2.75, 3.05) is 0 Å². The van der Waals surface area contributed by atoms with Gasteiger partial charge in [0.25, 0.3) is 0 Å². The van der Waals surface area contributed by atoms with Gasteiger partial charge in [-0.1, -0.05) is 51.1 Å². The molecule has 1 atom stereocenters. The van der Waals surface area contributed by atoms with Gasteiger partial charge in [-0.2, -0.15) is 0 Å². The Morgan fingerprint density at radius 3 is 2.18 bits per heavy atom. The smallest absolute Gasteiger partial charge is 0.408 e. The van der Waals surface area contributed by atoms with E-state index in [-0.39, 0.29) is 18.3 Å². The maximum absolute atomic E-state index is 12.5. The minimum absolute atomic E-state index is 0.0146. The Balaban J connectivity index is 1.93. The molecule has 0 saturated carbocycles. The van der Waals surface area contributed by atoms with Crippen LogP contribution >= 0.6 is 0 Å². The summed E-state index contributed by atoms with van der Waals surface area (Å²) in [7, 11) is 0. The molecule has 0 saturated heterocycles. The van der Waals surface area contributed by atoms with E-state index in [0.717, 1.165) is 5.56 Å². The van der Waals surface area contributed by atoms with E-state index in [0.29, 0.717) is 17.7 Å². The number of hydrogen-bond donors (Lipinski definition) is 1. The van der Waals surface area contributed by atoms with Crippen molar-refractivity contribution in [3.8, 4) is 5.75 Å². The fourth-order valence-electron chi connectivity index (χ4n) is 2.48. The summed E-state index contributed by atoms with van der Waals surface area (Å²) in [5.41, 5.74) is 1.41. The molecule has 2 rings (SSSR count). The SMILES string of the molecule is CCC(=O)c1ccc(OC(=O)C(NC(=O)OCc2ccccc2)C(C)C)cc1. The predicted molar refractivity (Wildman–Crippen MR) is 105 cm³/mol. The molecule has 6 heteroatoms. The Labute approximate surface area is 164 Å². The van der Waals surface area contributed by atoms with E-state index in [1.165, 1.54) is 0 Å². The molecule has 1 amide bonds. The van der Waals surface area contributed by atoms with Crippen LogP contribution in [0.15, 0.2) is 54.6 Å². The number of carbonyl (C=O) groups excluding carboxylic acids is 3. The normalized spacial score (nSPS) is 11.6. The summed E-state index contributed by atoms with van der Waals surface area (Å²) in [4.78, 5) is 36.2. The Morgan fingerprint density at radius 1 is 0.964 bits per heavy atom. The highest BCUT2D eigenvalue weighted by molar-refractivity contribution is 5.96. The second kappa shape index (κ2) is 10.3. The number of carbonyl (C=O) groups is 3. The number of benzene rings is 2. The van der Waals surface area contributed by atoms with Crippen LogP contribution in [0.25, 0.3) is 0 Å². The summed E-state index contributed by atoms with van der Waals surface area (Å²) in [5.74, 6) is -0.470. The standard InChI is InChI=1S/C22H25NO5/c1-4-19(24)17-10-12-18(13-11-17)28-21(25)20(15(2)3)23-22(26)27-14-16-8-6-5-7-9-16/h5-13,15,20H,4,14H2,1-3H3,(H,23,26). The molecule has 0 aromatic heterocycles. The van der Waals surface area contributed by atoms with Gasteiger partial charge in [-0.05, 0) is 35.7 Å². The second-order valence-electron chi connectivity index (χ2n) is 6.65. The molecule has 0 heterocycles. The number of rotatable bonds is 8. The molecule has 6 nitrogen and oxygen atoms in total. The lowest BCUT2D eigenvalue weighted by molar-refractivity contribution is -0.137. The third-order valence-electron chi connectivity index (χ3n) is 4.12. The van der Waals surface area contributed by atoms with E-state index >= 15 is 0 Å². The van der Waals surface area contributed by atoms with E-state index < -0.39 is 18.1 Å². The first-order chi connectivity index (χ1) is 13.4.